The van der Waals surface area contributed by atoms with E-state index in [-0.39, 0.29) is 6.04 Å². The number of benzene rings is 1. The molecule has 0 bridgehead atoms. The Labute approximate surface area is 123 Å². The molecule has 2 rings (SSSR count). The summed E-state index contributed by atoms with van der Waals surface area (Å²) >= 11 is 5.93. The second kappa shape index (κ2) is 6.75. The summed E-state index contributed by atoms with van der Waals surface area (Å²) < 4.78 is 0. The molecule has 0 aliphatic heterocycles. The monoisotopic (exact) mass is 294 g/mol. The topological polar surface area (TPSA) is 58.2 Å². The maximum absolute atomic E-state index is 11.8. The molecular formula is C15H19ClN2O2. The van der Waals surface area contributed by atoms with Gasteiger partial charge in [0.1, 0.15) is 0 Å². The number of nitrogens with one attached hydrogen (secondary N) is 2. The summed E-state index contributed by atoms with van der Waals surface area (Å²) in [5, 5.41) is 5.73. The molecule has 1 aromatic rings. The number of halogens is 1. The lowest BCUT2D eigenvalue weighted by Gasteiger charge is -2.26. The van der Waals surface area contributed by atoms with E-state index in [4.69, 9.17) is 11.6 Å². The molecule has 0 spiro atoms. The zero-order valence-corrected chi connectivity index (χ0v) is 12.2. The van der Waals surface area contributed by atoms with Crippen molar-refractivity contribution < 1.29 is 9.59 Å². The zero-order chi connectivity index (χ0) is 14.5. The van der Waals surface area contributed by atoms with E-state index >= 15 is 0 Å². The first-order chi connectivity index (χ1) is 9.56. The van der Waals surface area contributed by atoms with Gasteiger partial charge in [0.05, 0.1) is 10.7 Å². The van der Waals surface area contributed by atoms with Crippen LogP contribution in [-0.4, -0.2) is 17.9 Å². The fourth-order valence-corrected chi connectivity index (χ4v) is 2.58. The van der Waals surface area contributed by atoms with Crippen molar-refractivity contribution in [2.75, 3.05) is 5.32 Å². The van der Waals surface area contributed by atoms with E-state index in [0.717, 1.165) is 25.7 Å². The second-order valence-corrected chi connectivity index (χ2v) is 5.77. The van der Waals surface area contributed by atoms with Crippen molar-refractivity contribution in [1.82, 2.24) is 5.32 Å². The molecule has 1 fully saturated rings. The van der Waals surface area contributed by atoms with Crippen molar-refractivity contribution in [1.29, 1.82) is 0 Å². The molecule has 0 aromatic heterocycles. The molecule has 0 atom stereocenters. The van der Waals surface area contributed by atoms with E-state index in [1.54, 1.807) is 24.3 Å². The minimum atomic E-state index is -0.670. The molecule has 0 unspecified atom stereocenters. The maximum Gasteiger partial charge on any atom is 0.313 e. The van der Waals surface area contributed by atoms with Crippen LogP contribution in [0, 0.1) is 5.92 Å². The molecule has 1 aromatic carbocycles. The number of carbonyl (C=O) groups excluding carboxylic acids is 2. The van der Waals surface area contributed by atoms with Gasteiger partial charge >= 0.3 is 11.8 Å². The van der Waals surface area contributed by atoms with Gasteiger partial charge in [-0.2, -0.15) is 0 Å². The highest BCUT2D eigenvalue weighted by Crippen LogP contribution is 2.23. The SMILES string of the molecule is CC1CCC(NC(=O)C(=O)Nc2ccccc2Cl)CC1. The van der Waals surface area contributed by atoms with Gasteiger partial charge in [0.2, 0.25) is 0 Å². The van der Waals surface area contributed by atoms with Gasteiger partial charge in [0.25, 0.3) is 0 Å². The van der Waals surface area contributed by atoms with Crippen molar-refractivity contribution in [2.24, 2.45) is 5.92 Å². The number of rotatable bonds is 2. The van der Waals surface area contributed by atoms with Crippen LogP contribution in [0.4, 0.5) is 5.69 Å². The van der Waals surface area contributed by atoms with Crippen molar-refractivity contribution in [3.63, 3.8) is 0 Å². The lowest BCUT2D eigenvalue weighted by Crippen LogP contribution is -2.43. The van der Waals surface area contributed by atoms with E-state index in [2.05, 4.69) is 17.6 Å². The van der Waals surface area contributed by atoms with Gasteiger partial charge in [-0.05, 0) is 43.7 Å². The summed E-state index contributed by atoms with van der Waals surface area (Å²) in [5.41, 5.74) is 0.451. The predicted octanol–water partition coefficient (Wildman–Crippen LogP) is 2.97. The zero-order valence-electron chi connectivity index (χ0n) is 11.5. The van der Waals surface area contributed by atoms with Gasteiger partial charge in [0, 0.05) is 6.04 Å². The molecule has 2 N–H and O–H groups in total. The van der Waals surface area contributed by atoms with E-state index in [0.29, 0.717) is 16.6 Å². The summed E-state index contributed by atoms with van der Waals surface area (Å²) in [5.74, 6) is -0.554. The van der Waals surface area contributed by atoms with Crippen molar-refractivity contribution in [3.8, 4) is 0 Å². The summed E-state index contributed by atoms with van der Waals surface area (Å²) in [7, 11) is 0. The summed E-state index contributed by atoms with van der Waals surface area (Å²) in [4.78, 5) is 23.7. The molecule has 0 heterocycles. The van der Waals surface area contributed by atoms with Crippen LogP contribution in [0.5, 0.6) is 0 Å². The minimum absolute atomic E-state index is 0.107. The Morgan fingerprint density at radius 3 is 2.40 bits per heavy atom. The normalized spacial score (nSPS) is 22.1. The van der Waals surface area contributed by atoms with Crippen LogP contribution in [0.2, 0.25) is 5.02 Å². The van der Waals surface area contributed by atoms with Gasteiger partial charge in [-0.15, -0.1) is 0 Å². The van der Waals surface area contributed by atoms with Crippen LogP contribution in [0.1, 0.15) is 32.6 Å². The maximum atomic E-state index is 11.8. The lowest BCUT2D eigenvalue weighted by molar-refractivity contribution is -0.136. The Morgan fingerprint density at radius 1 is 1.10 bits per heavy atom. The highest BCUT2D eigenvalue weighted by Gasteiger charge is 2.23. The van der Waals surface area contributed by atoms with E-state index in [9.17, 15) is 9.59 Å². The summed E-state index contributed by atoms with van der Waals surface area (Å²) in [6, 6.07) is 6.95. The number of carbonyl (C=O) groups is 2. The molecule has 20 heavy (non-hydrogen) atoms. The second-order valence-electron chi connectivity index (χ2n) is 5.36. The van der Waals surface area contributed by atoms with Crippen molar-refractivity contribution in [3.05, 3.63) is 29.3 Å². The first-order valence-electron chi connectivity index (χ1n) is 6.92. The van der Waals surface area contributed by atoms with Crippen LogP contribution in [-0.2, 0) is 9.59 Å². The number of amides is 2. The van der Waals surface area contributed by atoms with E-state index < -0.39 is 11.8 Å². The van der Waals surface area contributed by atoms with Crippen LogP contribution in [0.15, 0.2) is 24.3 Å². The average molecular weight is 295 g/mol. The minimum Gasteiger partial charge on any atom is -0.345 e. The summed E-state index contributed by atoms with van der Waals surface area (Å²) in [6.45, 7) is 2.21. The molecular weight excluding hydrogens is 276 g/mol. The number of para-hydroxylation sites is 1. The third-order valence-corrected chi connectivity index (χ3v) is 4.01. The largest absolute Gasteiger partial charge is 0.345 e. The lowest BCUT2D eigenvalue weighted by atomic mass is 9.87. The molecule has 108 valence electrons. The van der Waals surface area contributed by atoms with Gasteiger partial charge in [-0.25, -0.2) is 0 Å². The molecule has 4 nitrogen and oxygen atoms in total. The van der Waals surface area contributed by atoms with Crippen LogP contribution in [0.3, 0.4) is 0 Å². The van der Waals surface area contributed by atoms with Crippen molar-refractivity contribution >= 4 is 29.1 Å². The molecule has 1 aliphatic rings. The standard InChI is InChI=1S/C15H19ClN2O2/c1-10-6-8-11(9-7-10)17-14(19)15(20)18-13-5-3-2-4-12(13)16/h2-5,10-11H,6-9H2,1H3,(H,17,19)(H,18,20). The number of hydrogen-bond donors (Lipinski definition) is 2. The van der Waals surface area contributed by atoms with Gasteiger partial charge in [-0.1, -0.05) is 30.7 Å². The molecule has 1 saturated carbocycles. The predicted molar refractivity (Wildman–Crippen MR) is 79.6 cm³/mol. The first-order valence-corrected chi connectivity index (χ1v) is 7.30. The molecule has 1 aliphatic carbocycles. The van der Waals surface area contributed by atoms with Gasteiger partial charge < -0.3 is 10.6 Å². The summed E-state index contributed by atoms with van der Waals surface area (Å²) in [6.07, 6.45) is 4.06. The van der Waals surface area contributed by atoms with Gasteiger partial charge in [0.15, 0.2) is 0 Å². The van der Waals surface area contributed by atoms with Crippen LogP contribution < -0.4 is 10.6 Å². The highest BCUT2D eigenvalue weighted by molar-refractivity contribution is 6.41. The fraction of sp³-hybridized carbons (Fsp3) is 0.467. The number of hydrogen-bond acceptors (Lipinski definition) is 2. The van der Waals surface area contributed by atoms with Crippen LogP contribution >= 0.6 is 11.6 Å². The van der Waals surface area contributed by atoms with Gasteiger partial charge in [-0.3, -0.25) is 9.59 Å². The highest BCUT2D eigenvalue weighted by atomic mass is 35.5. The first kappa shape index (κ1) is 14.9. The molecule has 2 amide bonds. The Bertz CT molecular complexity index is 496. The Morgan fingerprint density at radius 2 is 1.75 bits per heavy atom. The number of anilines is 1. The third-order valence-electron chi connectivity index (χ3n) is 3.68. The van der Waals surface area contributed by atoms with E-state index in [1.165, 1.54) is 0 Å². The quantitative estimate of drug-likeness (QED) is 0.824. The van der Waals surface area contributed by atoms with Crippen molar-refractivity contribution in [2.45, 2.75) is 38.6 Å². The molecule has 0 saturated heterocycles. The third kappa shape index (κ3) is 3.97. The van der Waals surface area contributed by atoms with Crippen LogP contribution in [0.25, 0.3) is 0 Å². The Balaban J connectivity index is 1.86. The Hall–Kier alpha value is -1.55. The smallest absolute Gasteiger partial charge is 0.313 e. The molecule has 5 heteroatoms. The average Bonchev–Trinajstić information content (AvgIpc) is 2.44. The van der Waals surface area contributed by atoms with E-state index in [1.807, 2.05) is 0 Å². The Kier molecular flexibility index (Phi) is 5.01. The molecule has 0 radical (unpaired) electrons. The fourth-order valence-electron chi connectivity index (χ4n) is 2.40.